The van der Waals surface area contributed by atoms with Crippen LogP contribution in [-0.2, 0) is 9.59 Å². The maximum atomic E-state index is 11.6. The fraction of sp³-hybridized carbons (Fsp3) is 0.818. The minimum atomic E-state index is -0.157. The van der Waals surface area contributed by atoms with Crippen LogP contribution in [0.1, 0.15) is 26.7 Å². The molecule has 1 fully saturated rings. The molecule has 0 bridgehead atoms. The van der Waals surface area contributed by atoms with Crippen molar-refractivity contribution in [3.8, 4) is 0 Å². The quantitative estimate of drug-likeness (QED) is 0.693. The van der Waals surface area contributed by atoms with Gasteiger partial charge < -0.3 is 16.0 Å². The molecule has 0 spiro atoms. The van der Waals surface area contributed by atoms with Crippen LogP contribution >= 0.6 is 0 Å². The van der Waals surface area contributed by atoms with Crippen LogP contribution < -0.4 is 11.1 Å². The number of nitrogens with one attached hydrogen (secondary N) is 1. The van der Waals surface area contributed by atoms with Gasteiger partial charge in [0.1, 0.15) is 0 Å². The molecule has 5 nitrogen and oxygen atoms in total. The number of hydrogen-bond acceptors (Lipinski definition) is 3. The minimum absolute atomic E-state index is 0.0155. The Labute approximate surface area is 96.4 Å². The molecule has 0 aromatic heterocycles. The second-order valence-corrected chi connectivity index (χ2v) is 4.32. The highest BCUT2D eigenvalue weighted by atomic mass is 16.2. The second-order valence-electron chi connectivity index (χ2n) is 4.32. The summed E-state index contributed by atoms with van der Waals surface area (Å²) < 4.78 is 0. The minimum Gasteiger partial charge on any atom is -0.351 e. The van der Waals surface area contributed by atoms with Crippen LogP contribution in [0.15, 0.2) is 0 Å². The van der Waals surface area contributed by atoms with E-state index in [2.05, 4.69) is 5.32 Å². The van der Waals surface area contributed by atoms with Crippen molar-refractivity contribution in [1.29, 1.82) is 0 Å². The molecule has 92 valence electrons. The highest BCUT2D eigenvalue weighted by molar-refractivity contribution is 5.79. The number of rotatable bonds is 4. The molecule has 5 heteroatoms. The lowest BCUT2D eigenvalue weighted by Gasteiger charge is -2.17. The topological polar surface area (TPSA) is 75.4 Å². The molecule has 1 rings (SSSR count). The molecule has 1 heterocycles. The summed E-state index contributed by atoms with van der Waals surface area (Å²) in [5, 5.41) is 2.93. The van der Waals surface area contributed by atoms with E-state index < -0.39 is 0 Å². The van der Waals surface area contributed by atoms with Crippen molar-refractivity contribution in [2.75, 3.05) is 19.6 Å². The van der Waals surface area contributed by atoms with Gasteiger partial charge in [0.15, 0.2) is 0 Å². The van der Waals surface area contributed by atoms with Gasteiger partial charge >= 0.3 is 0 Å². The lowest BCUT2D eigenvalue weighted by molar-refractivity contribution is -0.130. The first-order valence-electron chi connectivity index (χ1n) is 5.86. The van der Waals surface area contributed by atoms with Crippen molar-refractivity contribution in [2.45, 2.75) is 32.7 Å². The van der Waals surface area contributed by atoms with Gasteiger partial charge in [-0.05, 0) is 6.42 Å². The molecule has 0 aliphatic carbocycles. The SMILES string of the molecule is CCC(=O)N1CCC(NC(=O)C(C)CN)C1. The van der Waals surface area contributed by atoms with Crippen molar-refractivity contribution in [3.63, 3.8) is 0 Å². The zero-order chi connectivity index (χ0) is 12.1. The lowest BCUT2D eigenvalue weighted by Crippen LogP contribution is -2.42. The van der Waals surface area contributed by atoms with E-state index in [0.29, 0.717) is 19.5 Å². The van der Waals surface area contributed by atoms with Gasteiger partial charge in [-0.25, -0.2) is 0 Å². The molecule has 2 amide bonds. The predicted octanol–water partition coefficient (Wildman–Crippen LogP) is -0.292. The third-order valence-electron chi connectivity index (χ3n) is 2.99. The van der Waals surface area contributed by atoms with Crippen LogP contribution in [0.3, 0.4) is 0 Å². The molecule has 1 saturated heterocycles. The first-order chi connectivity index (χ1) is 7.58. The average Bonchev–Trinajstić information content (AvgIpc) is 2.75. The van der Waals surface area contributed by atoms with Crippen molar-refractivity contribution in [2.24, 2.45) is 11.7 Å². The maximum absolute atomic E-state index is 11.6. The van der Waals surface area contributed by atoms with E-state index in [0.717, 1.165) is 13.0 Å². The van der Waals surface area contributed by atoms with Crippen molar-refractivity contribution >= 4 is 11.8 Å². The Morgan fingerprint density at radius 2 is 2.25 bits per heavy atom. The number of carbonyl (C=O) groups excluding carboxylic acids is 2. The van der Waals surface area contributed by atoms with Gasteiger partial charge in [-0.2, -0.15) is 0 Å². The van der Waals surface area contributed by atoms with Crippen LogP contribution in [0.2, 0.25) is 0 Å². The van der Waals surface area contributed by atoms with Gasteiger partial charge in [0, 0.05) is 38.0 Å². The average molecular weight is 227 g/mol. The smallest absolute Gasteiger partial charge is 0.224 e. The number of nitrogens with zero attached hydrogens (tertiary/aromatic N) is 1. The fourth-order valence-electron chi connectivity index (χ4n) is 1.78. The summed E-state index contributed by atoms with van der Waals surface area (Å²) in [5.74, 6) is -0.0159. The summed E-state index contributed by atoms with van der Waals surface area (Å²) in [6, 6.07) is 0.0944. The van der Waals surface area contributed by atoms with E-state index in [9.17, 15) is 9.59 Å². The molecule has 3 N–H and O–H groups in total. The highest BCUT2D eigenvalue weighted by Crippen LogP contribution is 2.11. The summed E-state index contributed by atoms with van der Waals surface area (Å²) in [6.45, 7) is 5.39. The van der Waals surface area contributed by atoms with Gasteiger partial charge in [0.05, 0.1) is 0 Å². The Morgan fingerprint density at radius 3 is 2.81 bits per heavy atom. The van der Waals surface area contributed by atoms with E-state index in [-0.39, 0.29) is 23.8 Å². The van der Waals surface area contributed by atoms with Crippen LogP contribution in [0.4, 0.5) is 0 Å². The molecule has 1 aliphatic heterocycles. The maximum Gasteiger partial charge on any atom is 0.224 e. The third kappa shape index (κ3) is 3.20. The molecule has 1 aliphatic rings. The molecule has 0 aromatic rings. The summed E-state index contributed by atoms with van der Waals surface area (Å²) in [6.07, 6.45) is 1.37. The van der Waals surface area contributed by atoms with E-state index in [4.69, 9.17) is 5.73 Å². The zero-order valence-electron chi connectivity index (χ0n) is 10.0. The van der Waals surface area contributed by atoms with Crippen LogP contribution in [-0.4, -0.2) is 42.4 Å². The van der Waals surface area contributed by atoms with Crippen LogP contribution in [0.5, 0.6) is 0 Å². The summed E-state index contributed by atoms with van der Waals surface area (Å²) in [5.41, 5.74) is 5.42. The number of carbonyl (C=O) groups is 2. The second kappa shape index (κ2) is 5.84. The molecular formula is C11H21N3O2. The summed E-state index contributed by atoms with van der Waals surface area (Å²) in [7, 11) is 0. The summed E-state index contributed by atoms with van der Waals surface area (Å²) in [4.78, 5) is 24.8. The molecule has 2 unspecified atom stereocenters. The number of hydrogen-bond donors (Lipinski definition) is 2. The molecule has 2 atom stereocenters. The van der Waals surface area contributed by atoms with Gasteiger partial charge in [-0.3, -0.25) is 9.59 Å². The number of likely N-dealkylation sites (tertiary alicyclic amines) is 1. The predicted molar refractivity (Wildman–Crippen MR) is 61.6 cm³/mol. The molecular weight excluding hydrogens is 206 g/mol. The Morgan fingerprint density at radius 1 is 1.56 bits per heavy atom. The molecule has 0 aromatic carbocycles. The van der Waals surface area contributed by atoms with Gasteiger partial charge in [-0.15, -0.1) is 0 Å². The molecule has 0 saturated carbocycles. The zero-order valence-corrected chi connectivity index (χ0v) is 10.0. The monoisotopic (exact) mass is 227 g/mol. The van der Waals surface area contributed by atoms with E-state index >= 15 is 0 Å². The first-order valence-corrected chi connectivity index (χ1v) is 5.86. The van der Waals surface area contributed by atoms with Gasteiger partial charge in [0.25, 0.3) is 0 Å². The Kier molecular flexibility index (Phi) is 4.73. The van der Waals surface area contributed by atoms with Crippen molar-refractivity contribution in [3.05, 3.63) is 0 Å². The Balaban J connectivity index is 2.37. The fourth-order valence-corrected chi connectivity index (χ4v) is 1.78. The summed E-state index contributed by atoms with van der Waals surface area (Å²) >= 11 is 0. The van der Waals surface area contributed by atoms with E-state index in [1.807, 2.05) is 6.92 Å². The number of amides is 2. The number of nitrogens with two attached hydrogens (primary N) is 1. The Bertz CT molecular complexity index is 268. The van der Waals surface area contributed by atoms with Gasteiger partial charge in [-0.1, -0.05) is 13.8 Å². The lowest BCUT2D eigenvalue weighted by atomic mass is 10.1. The van der Waals surface area contributed by atoms with Gasteiger partial charge in [0.2, 0.25) is 11.8 Å². The highest BCUT2D eigenvalue weighted by Gasteiger charge is 2.27. The van der Waals surface area contributed by atoms with Crippen LogP contribution in [0.25, 0.3) is 0 Å². The Hall–Kier alpha value is -1.10. The van der Waals surface area contributed by atoms with Crippen LogP contribution in [0, 0.1) is 5.92 Å². The first kappa shape index (κ1) is 13.0. The standard InChI is InChI=1S/C11H21N3O2/c1-3-10(15)14-5-4-9(7-14)13-11(16)8(2)6-12/h8-9H,3-7,12H2,1-2H3,(H,13,16). The largest absolute Gasteiger partial charge is 0.351 e. The molecule has 16 heavy (non-hydrogen) atoms. The van der Waals surface area contributed by atoms with Crippen molar-refractivity contribution in [1.82, 2.24) is 10.2 Å². The van der Waals surface area contributed by atoms with E-state index in [1.165, 1.54) is 0 Å². The van der Waals surface area contributed by atoms with E-state index in [1.54, 1.807) is 11.8 Å². The third-order valence-corrected chi connectivity index (χ3v) is 2.99. The molecule has 0 radical (unpaired) electrons. The van der Waals surface area contributed by atoms with Crippen molar-refractivity contribution < 1.29 is 9.59 Å². The normalized spacial score (nSPS) is 21.9.